The van der Waals surface area contributed by atoms with Gasteiger partial charge in [0.2, 0.25) is 10.0 Å². The summed E-state index contributed by atoms with van der Waals surface area (Å²) in [5.74, 6) is -1.23. The standard InChI is InChI=1S/C21H20N2O4S2/c1-14-7-5-6-10-18(14)28-20-17(23-13-15-8-3-2-4-9-15)11-16(21(24)25)12-19(20)29(22,26)27/h2-12,23H,13H2,1H3,(H,24,25)(H2,22,26,27). The molecule has 0 spiro atoms. The molecule has 0 aliphatic carbocycles. The molecular weight excluding hydrogens is 408 g/mol. The van der Waals surface area contributed by atoms with Crippen LogP contribution in [0.4, 0.5) is 5.69 Å². The Morgan fingerprint density at radius 2 is 1.72 bits per heavy atom. The van der Waals surface area contributed by atoms with Crippen LogP contribution in [0.2, 0.25) is 0 Å². The lowest BCUT2D eigenvalue weighted by Gasteiger charge is -2.17. The number of benzene rings is 3. The molecule has 0 radical (unpaired) electrons. The van der Waals surface area contributed by atoms with Crippen LogP contribution in [0.5, 0.6) is 0 Å². The van der Waals surface area contributed by atoms with Crippen LogP contribution in [-0.2, 0) is 16.6 Å². The predicted molar refractivity (Wildman–Crippen MR) is 114 cm³/mol. The molecule has 4 N–H and O–H groups in total. The normalized spacial score (nSPS) is 11.2. The second-order valence-electron chi connectivity index (χ2n) is 6.41. The van der Waals surface area contributed by atoms with E-state index in [4.69, 9.17) is 5.14 Å². The second kappa shape index (κ2) is 8.69. The molecule has 3 rings (SSSR count). The van der Waals surface area contributed by atoms with E-state index in [0.29, 0.717) is 17.1 Å². The summed E-state index contributed by atoms with van der Waals surface area (Å²) in [5, 5.41) is 18.0. The number of anilines is 1. The Kier molecular flexibility index (Phi) is 6.26. The van der Waals surface area contributed by atoms with Crippen LogP contribution in [0.1, 0.15) is 21.5 Å². The van der Waals surface area contributed by atoms with Gasteiger partial charge in [-0.25, -0.2) is 18.4 Å². The van der Waals surface area contributed by atoms with Crippen molar-refractivity contribution in [2.45, 2.75) is 28.2 Å². The predicted octanol–water partition coefficient (Wildman–Crippen LogP) is 4.10. The SMILES string of the molecule is Cc1ccccc1Sc1c(NCc2ccccc2)cc(C(=O)O)cc1S(N)(=O)=O. The molecule has 0 bridgehead atoms. The number of aromatic carboxylic acids is 1. The van der Waals surface area contributed by atoms with Gasteiger partial charge in [-0.1, -0.05) is 60.3 Å². The molecular formula is C21H20N2O4S2. The molecule has 0 saturated carbocycles. The number of sulfonamides is 1. The smallest absolute Gasteiger partial charge is 0.335 e. The first-order valence-corrected chi connectivity index (χ1v) is 11.1. The number of carboxylic acids is 1. The summed E-state index contributed by atoms with van der Waals surface area (Å²) in [4.78, 5) is 12.6. The minimum Gasteiger partial charge on any atom is -0.478 e. The zero-order valence-corrected chi connectivity index (χ0v) is 17.3. The molecule has 0 fully saturated rings. The Hall–Kier alpha value is -2.81. The molecule has 8 heteroatoms. The van der Waals surface area contributed by atoms with Crippen LogP contribution in [-0.4, -0.2) is 19.5 Å². The fourth-order valence-electron chi connectivity index (χ4n) is 2.75. The van der Waals surface area contributed by atoms with E-state index < -0.39 is 16.0 Å². The lowest BCUT2D eigenvalue weighted by atomic mass is 10.2. The number of primary sulfonamides is 1. The summed E-state index contributed by atoms with van der Waals surface area (Å²) in [6.07, 6.45) is 0. The molecule has 0 aliphatic rings. The summed E-state index contributed by atoms with van der Waals surface area (Å²) < 4.78 is 24.5. The van der Waals surface area contributed by atoms with Gasteiger partial charge in [0, 0.05) is 11.4 Å². The highest BCUT2D eigenvalue weighted by atomic mass is 32.2. The summed E-state index contributed by atoms with van der Waals surface area (Å²) >= 11 is 1.24. The van der Waals surface area contributed by atoms with Gasteiger partial charge in [-0.15, -0.1) is 0 Å². The van der Waals surface area contributed by atoms with E-state index in [1.165, 1.54) is 17.8 Å². The van der Waals surface area contributed by atoms with E-state index in [0.717, 1.165) is 22.1 Å². The van der Waals surface area contributed by atoms with E-state index in [1.54, 1.807) is 0 Å². The number of hydrogen-bond donors (Lipinski definition) is 3. The van der Waals surface area contributed by atoms with Gasteiger partial charge in [0.1, 0.15) is 0 Å². The van der Waals surface area contributed by atoms with Crippen molar-refractivity contribution in [1.29, 1.82) is 0 Å². The first kappa shape index (κ1) is 20.9. The minimum absolute atomic E-state index is 0.154. The van der Waals surface area contributed by atoms with E-state index in [9.17, 15) is 18.3 Å². The van der Waals surface area contributed by atoms with Crippen molar-refractivity contribution in [3.63, 3.8) is 0 Å². The average Bonchev–Trinajstić information content (AvgIpc) is 2.68. The van der Waals surface area contributed by atoms with Crippen molar-refractivity contribution in [2.75, 3.05) is 5.32 Å². The van der Waals surface area contributed by atoms with Crippen molar-refractivity contribution in [3.05, 3.63) is 83.4 Å². The summed E-state index contributed by atoms with van der Waals surface area (Å²) in [6.45, 7) is 2.32. The molecule has 0 aliphatic heterocycles. The Morgan fingerprint density at radius 1 is 1.07 bits per heavy atom. The third kappa shape index (κ3) is 5.17. The zero-order chi connectivity index (χ0) is 21.0. The number of aryl methyl sites for hydroxylation is 1. The topological polar surface area (TPSA) is 109 Å². The fourth-order valence-corrected chi connectivity index (χ4v) is 4.88. The monoisotopic (exact) mass is 428 g/mol. The lowest BCUT2D eigenvalue weighted by Crippen LogP contribution is -2.16. The molecule has 0 amide bonds. The largest absolute Gasteiger partial charge is 0.478 e. The second-order valence-corrected chi connectivity index (χ2v) is 8.99. The minimum atomic E-state index is -4.15. The quantitative estimate of drug-likeness (QED) is 0.523. The highest BCUT2D eigenvalue weighted by molar-refractivity contribution is 8.00. The first-order valence-electron chi connectivity index (χ1n) is 8.71. The van der Waals surface area contributed by atoms with E-state index in [-0.39, 0.29) is 10.5 Å². The van der Waals surface area contributed by atoms with Crippen molar-refractivity contribution in [1.82, 2.24) is 0 Å². The average molecular weight is 429 g/mol. The van der Waals surface area contributed by atoms with E-state index in [1.807, 2.05) is 61.5 Å². The van der Waals surface area contributed by atoms with Crippen molar-refractivity contribution in [3.8, 4) is 0 Å². The Morgan fingerprint density at radius 3 is 2.34 bits per heavy atom. The number of nitrogens with one attached hydrogen (secondary N) is 1. The van der Waals surface area contributed by atoms with Gasteiger partial charge in [-0.3, -0.25) is 0 Å². The molecule has 0 atom stereocenters. The van der Waals surface area contributed by atoms with Crippen molar-refractivity contribution < 1.29 is 18.3 Å². The Balaban J connectivity index is 2.13. The van der Waals surface area contributed by atoms with Crippen LogP contribution >= 0.6 is 11.8 Å². The molecule has 0 unspecified atom stereocenters. The number of hydrogen-bond acceptors (Lipinski definition) is 5. The number of rotatable bonds is 7. The van der Waals surface area contributed by atoms with E-state index in [2.05, 4.69) is 5.32 Å². The van der Waals surface area contributed by atoms with Gasteiger partial charge in [-0.05, 0) is 36.2 Å². The molecule has 3 aromatic rings. The number of carbonyl (C=O) groups is 1. The Labute approximate surface area is 173 Å². The number of carboxylic acid groups (broad SMARTS) is 1. The maximum Gasteiger partial charge on any atom is 0.335 e. The molecule has 29 heavy (non-hydrogen) atoms. The van der Waals surface area contributed by atoms with Gasteiger partial charge in [0.15, 0.2) is 0 Å². The Bertz CT molecular complexity index is 1150. The van der Waals surface area contributed by atoms with E-state index >= 15 is 0 Å². The number of nitrogens with two attached hydrogens (primary N) is 1. The third-order valence-electron chi connectivity index (χ3n) is 4.24. The molecule has 0 heterocycles. The fraction of sp³-hybridized carbons (Fsp3) is 0.0952. The summed E-state index contributed by atoms with van der Waals surface area (Å²) in [5.41, 5.74) is 2.18. The molecule has 150 valence electrons. The third-order valence-corrected chi connectivity index (χ3v) is 6.63. The molecule has 3 aromatic carbocycles. The molecule has 0 saturated heterocycles. The van der Waals surface area contributed by atoms with Gasteiger partial charge < -0.3 is 10.4 Å². The van der Waals surface area contributed by atoms with Gasteiger partial charge >= 0.3 is 5.97 Å². The van der Waals surface area contributed by atoms with Crippen LogP contribution in [0.25, 0.3) is 0 Å². The van der Waals surface area contributed by atoms with Crippen LogP contribution in [0.15, 0.2) is 81.4 Å². The van der Waals surface area contributed by atoms with Crippen molar-refractivity contribution >= 4 is 33.4 Å². The molecule has 0 aromatic heterocycles. The van der Waals surface area contributed by atoms with Crippen LogP contribution in [0, 0.1) is 6.92 Å². The molecule has 6 nitrogen and oxygen atoms in total. The van der Waals surface area contributed by atoms with Crippen LogP contribution in [0.3, 0.4) is 0 Å². The lowest BCUT2D eigenvalue weighted by molar-refractivity contribution is 0.0696. The maximum atomic E-state index is 12.3. The maximum absolute atomic E-state index is 12.3. The van der Waals surface area contributed by atoms with Gasteiger partial charge in [0.05, 0.1) is 21.0 Å². The highest BCUT2D eigenvalue weighted by Crippen LogP contribution is 2.40. The summed E-state index contributed by atoms with van der Waals surface area (Å²) in [6, 6.07) is 19.6. The summed E-state index contributed by atoms with van der Waals surface area (Å²) in [7, 11) is -4.15. The highest BCUT2D eigenvalue weighted by Gasteiger charge is 2.22. The van der Waals surface area contributed by atoms with Crippen LogP contribution < -0.4 is 10.5 Å². The van der Waals surface area contributed by atoms with Crippen molar-refractivity contribution in [2.24, 2.45) is 5.14 Å². The van der Waals surface area contributed by atoms with Gasteiger partial charge in [0.25, 0.3) is 0 Å². The first-order chi connectivity index (χ1) is 13.8. The zero-order valence-electron chi connectivity index (χ0n) is 15.6. The van der Waals surface area contributed by atoms with Gasteiger partial charge in [-0.2, -0.15) is 0 Å².